The molecule has 0 amide bonds. The molecule has 1 N–H and O–H groups in total. The summed E-state index contributed by atoms with van der Waals surface area (Å²) < 4.78 is 6.04. The molecule has 0 fully saturated rings. The van der Waals surface area contributed by atoms with E-state index in [1.165, 1.54) is 5.56 Å². The van der Waals surface area contributed by atoms with Crippen molar-refractivity contribution in [2.24, 2.45) is 0 Å². The van der Waals surface area contributed by atoms with Crippen molar-refractivity contribution in [3.8, 4) is 5.75 Å². The summed E-state index contributed by atoms with van der Waals surface area (Å²) in [5, 5.41) is 4.85. The molecule has 0 bridgehead atoms. The highest BCUT2D eigenvalue weighted by Crippen LogP contribution is 2.24. The summed E-state index contributed by atoms with van der Waals surface area (Å²) in [6, 6.07) is 24.6. The van der Waals surface area contributed by atoms with Crippen LogP contribution in [0.4, 0.5) is 0 Å². The van der Waals surface area contributed by atoms with Gasteiger partial charge >= 0.3 is 0 Å². The van der Waals surface area contributed by atoms with Gasteiger partial charge in [-0.05, 0) is 43.5 Å². The largest absolute Gasteiger partial charge is 0.489 e. The highest BCUT2D eigenvalue weighted by molar-refractivity contribution is 6.35. The highest BCUT2D eigenvalue weighted by atomic mass is 35.5. The van der Waals surface area contributed by atoms with Crippen LogP contribution in [-0.4, -0.2) is 6.04 Å². The van der Waals surface area contributed by atoms with Crippen LogP contribution in [-0.2, 0) is 19.6 Å². The Labute approximate surface area is 177 Å². The lowest BCUT2D eigenvalue weighted by molar-refractivity contribution is 0.301. The van der Waals surface area contributed by atoms with Crippen molar-refractivity contribution in [3.05, 3.63) is 99.5 Å². The summed E-state index contributed by atoms with van der Waals surface area (Å²) in [5.74, 6) is 0.872. The number of hydrogen-bond acceptors (Lipinski definition) is 2. The molecule has 1 unspecified atom stereocenters. The number of hydrogen-bond donors (Lipinski definition) is 1. The first-order valence-corrected chi connectivity index (χ1v) is 10.3. The lowest BCUT2D eigenvalue weighted by Crippen LogP contribution is -2.26. The molecule has 4 heteroatoms. The fourth-order valence-corrected chi connectivity index (χ4v) is 3.46. The molecule has 1 atom stereocenters. The van der Waals surface area contributed by atoms with Crippen molar-refractivity contribution in [1.82, 2.24) is 5.32 Å². The molecule has 0 aromatic heterocycles. The first-order valence-electron chi connectivity index (χ1n) is 9.54. The van der Waals surface area contributed by atoms with Gasteiger partial charge in [-0.25, -0.2) is 0 Å². The molecular formula is C24H25Cl2NO. The number of nitrogens with one attached hydrogen (secondary N) is 1. The molecule has 3 aromatic rings. The number of ether oxygens (including phenoxy) is 1. The van der Waals surface area contributed by atoms with E-state index in [1.54, 1.807) is 6.07 Å². The molecule has 0 aliphatic carbocycles. The number of benzene rings is 3. The molecule has 0 aliphatic heterocycles. The van der Waals surface area contributed by atoms with Gasteiger partial charge in [0.05, 0.1) is 0 Å². The number of aryl methyl sites for hydroxylation is 1. The summed E-state index contributed by atoms with van der Waals surface area (Å²) in [5.41, 5.74) is 3.43. The van der Waals surface area contributed by atoms with Crippen molar-refractivity contribution in [2.75, 3.05) is 0 Å². The van der Waals surface area contributed by atoms with E-state index in [9.17, 15) is 0 Å². The summed E-state index contributed by atoms with van der Waals surface area (Å²) in [6.07, 6.45) is 2.16. The fraction of sp³-hybridized carbons (Fsp3) is 0.250. The van der Waals surface area contributed by atoms with Crippen LogP contribution in [0.15, 0.2) is 72.8 Å². The molecule has 0 aliphatic rings. The zero-order chi connectivity index (χ0) is 19.8. The maximum Gasteiger partial charge on any atom is 0.124 e. The van der Waals surface area contributed by atoms with Crippen molar-refractivity contribution < 1.29 is 4.74 Å². The summed E-state index contributed by atoms with van der Waals surface area (Å²) in [6.45, 7) is 3.40. The number of rotatable bonds is 9. The lowest BCUT2D eigenvalue weighted by atomic mass is 10.1. The van der Waals surface area contributed by atoms with Gasteiger partial charge in [0.2, 0.25) is 0 Å². The quantitative estimate of drug-likeness (QED) is 0.422. The maximum atomic E-state index is 6.25. The summed E-state index contributed by atoms with van der Waals surface area (Å²) in [4.78, 5) is 0. The van der Waals surface area contributed by atoms with E-state index < -0.39 is 0 Å². The average molecular weight is 414 g/mol. The molecule has 3 aromatic carbocycles. The maximum absolute atomic E-state index is 6.25. The predicted octanol–water partition coefficient (Wildman–Crippen LogP) is 6.68. The Morgan fingerprint density at radius 1 is 0.893 bits per heavy atom. The number of halogens is 2. The van der Waals surface area contributed by atoms with Crippen LogP contribution in [0.5, 0.6) is 5.75 Å². The zero-order valence-electron chi connectivity index (χ0n) is 16.0. The second kappa shape index (κ2) is 10.5. The molecule has 2 nitrogen and oxygen atoms in total. The molecule has 0 spiro atoms. The van der Waals surface area contributed by atoms with Gasteiger partial charge in [0.1, 0.15) is 12.4 Å². The van der Waals surface area contributed by atoms with Gasteiger partial charge in [0.25, 0.3) is 0 Å². The smallest absolute Gasteiger partial charge is 0.124 e. The average Bonchev–Trinajstić information content (AvgIpc) is 2.71. The number of para-hydroxylation sites is 1. The first-order chi connectivity index (χ1) is 13.6. The van der Waals surface area contributed by atoms with E-state index in [4.69, 9.17) is 27.9 Å². The van der Waals surface area contributed by atoms with E-state index >= 15 is 0 Å². The van der Waals surface area contributed by atoms with Gasteiger partial charge in [-0.2, -0.15) is 0 Å². The Morgan fingerprint density at radius 3 is 2.43 bits per heavy atom. The van der Waals surface area contributed by atoms with Crippen molar-refractivity contribution in [1.29, 1.82) is 0 Å². The van der Waals surface area contributed by atoms with Crippen LogP contribution in [0.1, 0.15) is 30.0 Å². The van der Waals surface area contributed by atoms with Gasteiger partial charge in [0.15, 0.2) is 0 Å². The molecule has 0 radical (unpaired) electrons. The van der Waals surface area contributed by atoms with Crippen LogP contribution < -0.4 is 10.1 Å². The Kier molecular flexibility index (Phi) is 7.79. The van der Waals surface area contributed by atoms with Crippen molar-refractivity contribution >= 4 is 23.2 Å². The molecule has 0 saturated heterocycles. The lowest BCUT2D eigenvalue weighted by Gasteiger charge is -2.16. The minimum absolute atomic E-state index is 0.413. The molecule has 3 rings (SSSR count). The summed E-state index contributed by atoms with van der Waals surface area (Å²) >= 11 is 12.2. The van der Waals surface area contributed by atoms with Crippen LogP contribution >= 0.6 is 23.2 Å². The van der Waals surface area contributed by atoms with Crippen molar-refractivity contribution in [3.63, 3.8) is 0 Å². The second-order valence-corrected chi connectivity index (χ2v) is 7.78. The van der Waals surface area contributed by atoms with Crippen LogP contribution in [0.2, 0.25) is 10.0 Å². The topological polar surface area (TPSA) is 21.3 Å². The standard InChI is InChI=1S/C24H25Cl2NO/c1-18(11-12-19-7-3-2-4-8-19)27-16-20-9-5-6-10-24(20)28-17-21-13-14-22(25)15-23(21)26/h2-10,13-15,18,27H,11-12,16-17H2,1H3. The normalized spacial score (nSPS) is 12.0. The van der Waals surface area contributed by atoms with Crippen LogP contribution in [0.3, 0.4) is 0 Å². The van der Waals surface area contributed by atoms with Gasteiger partial charge in [-0.15, -0.1) is 0 Å². The third-order valence-corrected chi connectivity index (χ3v) is 5.31. The fourth-order valence-electron chi connectivity index (χ4n) is 3.00. The van der Waals surface area contributed by atoms with Crippen LogP contribution in [0, 0.1) is 0 Å². The van der Waals surface area contributed by atoms with Crippen molar-refractivity contribution in [2.45, 2.75) is 39.0 Å². The predicted molar refractivity (Wildman–Crippen MR) is 118 cm³/mol. The molecule has 146 valence electrons. The second-order valence-electron chi connectivity index (χ2n) is 6.94. The minimum Gasteiger partial charge on any atom is -0.489 e. The summed E-state index contributed by atoms with van der Waals surface area (Å²) in [7, 11) is 0. The van der Waals surface area contributed by atoms with Gasteiger partial charge in [-0.1, -0.05) is 77.8 Å². The Balaban J connectivity index is 1.53. The third-order valence-electron chi connectivity index (χ3n) is 4.72. The van der Waals surface area contributed by atoms with Gasteiger partial charge in [-0.3, -0.25) is 0 Å². The Bertz CT molecular complexity index is 883. The van der Waals surface area contributed by atoms with Crippen LogP contribution in [0.25, 0.3) is 0 Å². The van der Waals surface area contributed by atoms with E-state index in [0.29, 0.717) is 22.7 Å². The molecular weight excluding hydrogens is 389 g/mol. The molecule has 0 saturated carbocycles. The highest BCUT2D eigenvalue weighted by Gasteiger charge is 2.08. The molecule has 0 heterocycles. The van der Waals surface area contributed by atoms with E-state index in [-0.39, 0.29) is 0 Å². The van der Waals surface area contributed by atoms with E-state index in [1.807, 2.05) is 30.3 Å². The van der Waals surface area contributed by atoms with Gasteiger partial charge in [0, 0.05) is 33.8 Å². The molecule has 28 heavy (non-hydrogen) atoms. The third kappa shape index (κ3) is 6.27. The monoisotopic (exact) mass is 413 g/mol. The van der Waals surface area contributed by atoms with E-state index in [2.05, 4.69) is 48.6 Å². The SMILES string of the molecule is CC(CCc1ccccc1)NCc1ccccc1OCc1ccc(Cl)cc1Cl. The Hall–Kier alpha value is -2.00. The van der Waals surface area contributed by atoms with Gasteiger partial charge < -0.3 is 10.1 Å². The minimum atomic E-state index is 0.413. The first kappa shape index (κ1) is 20.7. The van der Waals surface area contributed by atoms with E-state index in [0.717, 1.165) is 36.3 Å². The zero-order valence-corrected chi connectivity index (χ0v) is 17.5. The Morgan fingerprint density at radius 2 is 1.64 bits per heavy atom.